The van der Waals surface area contributed by atoms with Gasteiger partial charge in [-0.25, -0.2) is 9.50 Å². The van der Waals surface area contributed by atoms with Crippen LogP contribution in [-0.2, 0) is 22.7 Å². The number of fused-ring (bicyclic) bond motifs is 1. The lowest BCUT2D eigenvalue weighted by molar-refractivity contribution is -0.134. The third-order valence-corrected chi connectivity index (χ3v) is 4.79. The molecule has 1 aliphatic rings. The molecule has 0 unspecified atom stereocenters. The molecule has 0 radical (unpaired) electrons. The second kappa shape index (κ2) is 6.75. The van der Waals surface area contributed by atoms with Crippen molar-refractivity contribution in [1.29, 1.82) is 0 Å². The van der Waals surface area contributed by atoms with Crippen LogP contribution in [0.25, 0.3) is 4.96 Å². The predicted octanol–water partition coefficient (Wildman–Crippen LogP) is 2.86. The van der Waals surface area contributed by atoms with Gasteiger partial charge in [-0.2, -0.15) is 18.3 Å². The molecule has 1 aliphatic heterocycles. The first-order valence-corrected chi connectivity index (χ1v) is 8.46. The fourth-order valence-corrected chi connectivity index (χ4v) is 3.63. The Morgan fingerprint density at radius 3 is 2.84 bits per heavy atom. The summed E-state index contributed by atoms with van der Waals surface area (Å²) in [6.07, 6.45) is -3.98. The SMILES string of the molecule is COCc1nn2c(CN3CC(CCC(F)(F)F)=CC3=O)c(C)nc2s1. The molecule has 3 heterocycles. The quantitative estimate of drug-likeness (QED) is 0.780. The first kappa shape index (κ1) is 17.9. The monoisotopic (exact) mass is 374 g/mol. The van der Waals surface area contributed by atoms with Crippen molar-refractivity contribution in [2.24, 2.45) is 0 Å². The van der Waals surface area contributed by atoms with Crippen LogP contribution in [0.15, 0.2) is 11.6 Å². The van der Waals surface area contributed by atoms with Crippen LogP contribution < -0.4 is 0 Å². The van der Waals surface area contributed by atoms with E-state index in [-0.39, 0.29) is 25.4 Å². The molecule has 0 atom stereocenters. The summed E-state index contributed by atoms with van der Waals surface area (Å²) >= 11 is 1.40. The number of carbonyl (C=O) groups excluding carboxylic acids is 1. The maximum atomic E-state index is 12.3. The van der Waals surface area contributed by atoms with Gasteiger partial charge in [0, 0.05) is 26.2 Å². The molecule has 0 bridgehead atoms. The lowest BCUT2D eigenvalue weighted by atomic mass is 10.1. The van der Waals surface area contributed by atoms with Gasteiger partial charge >= 0.3 is 6.18 Å². The van der Waals surface area contributed by atoms with E-state index < -0.39 is 12.6 Å². The van der Waals surface area contributed by atoms with Gasteiger partial charge in [-0.15, -0.1) is 0 Å². The summed E-state index contributed by atoms with van der Waals surface area (Å²) in [6, 6.07) is 0. The van der Waals surface area contributed by atoms with Crippen LogP contribution in [0.1, 0.15) is 29.2 Å². The molecule has 1 amide bonds. The molecule has 136 valence electrons. The summed E-state index contributed by atoms with van der Waals surface area (Å²) < 4.78 is 43.8. The van der Waals surface area contributed by atoms with Crippen LogP contribution in [-0.4, -0.2) is 45.2 Å². The van der Waals surface area contributed by atoms with Crippen molar-refractivity contribution >= 4 is 22.2 Å². The molecule has 25 heavy (non-hydrogen) atoms. The number of amides is 1. The molecule has 0 saturated heterocycles. The van der Waals surface area contributed by atoms with Crippen LogP contribution in [0, 0.1) is 6.92 Å². The molecular weight excluding hydrogens is 357 g/mol. The van der Waals surface area contributed by atoms with Gasteiger partial charge in [0.25, 0.3) is 0 Å². The zero-order valence-corrected chi connectivity index (χ0v) is 14.6. The Labute approximate surface area is 145 Å². The number of aryl methyl sites for hydroxylation is 1. The van der Waals surface area contributed by atoms with E-state index in [1.54, 1.807) is 11.6 Å². The Morgan fingerprint density at radius 1 is 1.40 bits per heavy atom. The second-order valence-electron chi connectivity index (χ2n) is 5.88. The predicted molar refractivity (Wildman–Crippen MR) is 85.1 cm³/mol. The van der Waals surface area contributed by atoms with E-state index in [4.69, 9.17) is 4.74 Å². The molecule has 0 aromatic carbocycles. The zero-order chi connectivity index (χ0) is 18.2. The van der Waals surface area contributed by atoms with Gasteiger partial charge in [-0.05, 0) is 18.9 Å². The lowest BCUT2D eigenvalue weighted by Crippen LogP contribution is -2.26. The van der Waals surface area contributed by atoms with Crippen molar-refractivity contribution in [3.63, 3.8) is 0 Å². The third-order valence-electron chi connectivity index (χ3n) is 3.91. The average Bonchev–Trinajstić information content (AvgIpc) is 3.13. The van der Waals surface area contributed by atoms with Crippen LogP contribution in [0.3, 0.4) is 0 Å². The Bertz CT molecular complexity index is 825. The number of hydrogen-bond donors (Lipinski definition) is 0. The normalized spacial score (nSPS) is 15.5. The Kier molecular flexibility index (Phi) is 4.83. The molecule has 2 aromatic rings. The van der Waals surface area contributed by atoms with Gasteiger partial charge in [0.15, 0.2) is 0 Å². The molecular formula is C15H17F3N4O2S. The van der Waals surface area contributed by atoms with Gasteiger partial charge in [-0.1, -0.05) is 11.3 Å². The third kappa shape index (κ3) is 4.01. The van der Waals surface area contributed by atoms with E-state index in [9.17, 15) is 18.0 Å². The number of carbonyl (C=O) groups is 1. The van der Waals surface area contributed by atoms with E-state index in [0.717, 1.165) is 16.4 Å². The minimum absolute atomic E-state index is 0.152. The molecule has 0 N–H and O–H groups in total. The Balaban J connectivity index is 1.72. The summed E-state index contributed by atoms with van der Waals surface area (Å²) in [5.74, 6) is -0.279. The van der Waals surface area contributed by atoms with E-state index in [0.29, 0.717) is 17.1 Å². The summed E-state index contributed by atoms with van der Waals surface area (Å²) in [4.78, 5) is 18.7. The highest BCUT2D eigenvalue weighted by Crippen LogP contribution is 2.27. The second-order valence-corrected chi connectivity index (χ2v) is 6.92. The molecule has 0 spiro atoms. The lowest BCUT2D eigenvalue weighted by Gasteiger charge is -2.16. The number of imidazole rings is 1. The summed E-state index contributed by atoms with van der Waals surface area (Å²) in [5, 5.41) is 5.19. The molecule has 2 aromatic heterocycles. The van der Waals surface area contributed by atoms with Gasteiger partial charge in [0.05, 0.1) is 24.5 Å². The number of alkyl halides is 3. The number of halogens is 3. The maximum Gasteiger partial charge on any atom is 0.389 e. The van der Waals surface area contributed by atoms with Gasteiger partial charge in [-0.3, -0.25) is 4.79 Å². The molecule has 0 fully saturated rings. The standard InChI is InChI=1S/C15H17F3N4O2S/c1-9-11(22-14(19-9)25-12(20-22)8-24-2)7-21-6-10(5-13(21)23)3-4-15(16,17)18/h5H,3-4,6-8H2,1-2H3. The van der Waals surface area contributed by atoms with Crippen LogP contribution >= 0.6 is 11.3 Å². The van der Waals surface area contributed by atoms with Crippen LogP contribution in [0.2, 0.25) is 0 Å². The number of hydrogen-bond acceptors (Lipinski definition) is 5. The topological polar surface area (TPSA) is 59.7 Å². The van der Waals surface area contributed by atoms with Crippen molar-refractivity contribution < 1.29 is 22.7 Å². The largest absolute Gasteiger partial charge is 0.389 e. The van der Waals surface area contributed by atoms with Gasteiger partial charge in [0.1, 0.15) is 5.01 Å². The fourth-order valence-electron chi connectivity index (χ4n) is 2.70. The van der Waals surface area contributed by atoms with E-state index >= 15 is 0 Å². The number of methoxy groups -OCH3 is 1. The summed E-state index contributed by atoms with van der Waals surface area (Å²) in [6.45, 7) is 2.66. The molecule has 6 nitrogen and oxygen atoms in total. The van der Waals surface area contributed by atoms with Gasteiger partial charge < -0.3 is 9.64 Å². The maximum absolute atomic E-state index is 12.3. The first-order valence-electron chi connectivity index (χ1n) is 7.65. The summed E-state index contributed by atoms with van der Waals surface area (Å²) in [7, 11) is 1.58. The molecule has 0 saturated carbocycles. The number of ether oxygens (including phenoxy) is 1. The minimum Gasteiger partial charge on any atom is -0.377 e. The first-order chi connectivity index (χ1) is 11.8. The highest BCUT2D eigenvalue weighted by Gasteiger charge is 2.30. The van der Waals surface area contributed by atoms with Gasteiger partial charge in [0.2, 0.25) is 10.9 Å². The zero-order valence-electron chi connectivity index (χ0n) is 13.8. The van der Waals surface area contributed by atoms with E-state index in [2.05, 4.69) is 10.1 Å². The smallest absolute Gasteiger partial charge is 0.377 e. The number of nitrogens with zero attached hydrogens (tertiary/aromatic N) is 4. The Morgan fingerprint density at radius 2 is 2.16 bits per heavy atom. The molecule has 3 rings (SSSR count). The number of aromatic nitrogens is 3. The van der Waals surface area contributed by atoms with Crippen molar-refractivity contribution in [1.82, 2.24) is 19.5 Å². The van der Waals surface area contributed by atoms with Crippen LogP contribution in [0.5, 0.6) is 0 Å². The molecule has 10 heteroatoms. The van der Waals surface area contributed by atoms with E-state index in [1.165, 1.54) is 22.3 Å². The molecule has 0 aliphatic carbocycles. The highest BCUT2D eigenvalue weighted by atomic mass is 32.1. The fraction of sp³-hybridized carbons (Fsp3) is 0.533. The van der Waals surface area contributed by atoms with Crippen LogP contribution in [0.4, 0.5) is 13.2 Å². The van der Waals surface area contributed by atoms with Crippen molar-refractivity contribution in [2.45, 2.75) is 39.1 Å². The van der Waals surface area contributed by atoms with Crippen molar-refractivity contribution in [3.8, 4) is 0 Å². The Hall–Kier alpha value is -1.94. The summed E-state index contributed by atoms with van der Waals surface area (Å²) in [5.41, 5.74) is 2.01. The minimum atomic E-state index is -4.22. The van der Waals surface area contributed by atoms with E-state index in [1.807, 2.05) is 6.92 Å². The van der Waals surface area contributed by atoms with Crippen molar-refractivity contribution in [2.75, 3.05) is 13.7 Å². The average molecular weight is 374 g/mol. The number of rotatable bonds is 6. The van der Waals surface area contributed by atoms with Crippen molar-refractivity contribution in [3.05, 3.63) is 28.0 Å². The highest BCUT2D eigenvalue weighted by molar-refractivity contribution is 7.16.